The van der Waals surface area contributed by atoms with E-state index < -0.39 is 5.54 Å². The summed E-state index contributed by atoms with van der Waals surface area (Å²) in [6.07, 6.45) is 5.90. The van der Waals surface area contributed by atoms with Crippen LogP contribution in [0.1, 0.15) is 31.2 Å². The van der Waals surface area contributed by atoms with E-state index in [2.05, 4.69) is 41.3 Å². The van der Waals surface area contributed by atoms with Gasteiger partial charge in [-0.2, -0.15) is 5.26 Å². The lowest BCUT2D eigenvalue weighted by molar-refractivity contribution is 0.156. The van der Waals surface area contributed by atoms with E-state index in [0.29, 0.717) is 5.92 Å². The summed E-state index contributed by atoms with van der Waals surface area (Å²) < 4.78 is 0. The number of nitrogens with two attached hydrogens (primary N) is 1. The zero-order chi connectivity index (χ0) is 14.7. The highest BCUT2D eigenvalue weighted by Gasteiger charge is 2.44. The summed E-state index contributed by atoms with van der Waals surface area (Å²) in [5.41, 5.74) is 7.13. The van der Waals surface area contributed by atoms with E-state index in [1.54, 1.807) is 0 Å². The lowest BCUT2D eigenvalue weighted by Crippen LogP contribution is -2.52. The SMILES string of the molecule is N#CC(N)(CN1CCC(Cc2ccccc2)CC1)C1CC1. The Morgan fingerprint density at radius 1 is 1.14 bits per heavy atom. The predicted molar refractivity (Wildman–Crippen MR) is 84.6 cm³/mol. The number of nitriles is 1. The first-order chi connectivity index (χ1) is 10.2. The van der Waals surface area contributed by atoms with E-state index in [-0.39, 0.29) is 0 Å². The van der Waals surface area contributed by atoms with Crippen LogP contribution >= 0.6 is 0 Å². The van der Waals surface area contributed by atoms with Crippen molar-refractivity contribution in [1.82, 2.24) is 4.90 Å². The molecule has 3 nitrogen and oxygen atoms in total. The van der Waals surface area contributed by atoms with Gasteiger partial charge in [0.15, 0.2) is 0 Å². The molecule has 1 aliphatic carbocycles. The first-order valence-corrected chi connectivity index (χ1v) is 8.16. The Labute approximate surface area is 127 Å². The number of rotatable bonds is 5. The Morgan fingerprint density at radius 2 is 1.81 bits per heavy atom. The lowest BCUT2D eigenvalue weighted by Gasteiger charge is -2.36. The first-order valence-electron chi connectivity index (χ1n) is 8.16. The summed E-state index contributed by atoms with van der Waals surface area (Å²) in [7, 11) is 0. The third-order valence-electron chi connectivity index (χ3n) is 5.07. The zero-order valence-corrected chi connectivity index (χ0v) is 12.7. The zero-order valence-electron chi connectivity index (χ0n) is 12.7. The quantitative estimate of drug-likeness (QED) is 0.903. The van der Waals surface area contributed by atoms with Crippen molar-refractivity contribution in [2.75, 3.05) is 19.6 Å². The molecule has 1 aromatic carbocycles. The van der Waals surface area contributed by atoms with Crippen molar-refractivity contribution in [3.05, 3.63) is 35.9 Å². The second-order valence-electron chi connectivity index (χ2n) is 6.84. The van der Waals surface area contributed by atoms with Gasteiger partial charge < -0.3 is 10.6 Å². The maximum Gasteiger partial charge on any atom is 0.119 e. The van der Waals surface area contributed by atoms with E-state index in [0.717, 1.165) is 38.4 Å². The van der Waals surface area contributed by atoms with Gasteiger partial charge in [-0.1, -0.05) is 30.3 Å². The van der Waals surface area contributed by atoms with Crippen molar-refractivity contribution in [2.45, 2.75) is 37.6 Å². The minimum absolute atomic E-state index is 0.435. The Bertz CT molecular complexity index is 495. The number of nitrogens with zero attached hydrogens (tertiary/aromatic N) is 2. The molecule has 2 fully saturated rings. The second kappa shape index (κ2) is 6.17. The van der Waals surface area contributed by atoms with Gasteiger partial charge in [0.1, 0.15) is 5.54 Å². The molecule has 0 spiro atoms. The molecular formula is C18H25N3. The van der Waals surface area contributed by atoms with Crippen LogP contribution in [-0.2, 0) is 6.42 Å². The number of hydrogen-bond acceptors (Lipinski definition) is 3. The molecule has 3 heteroatoms. The summed E-state index contributed by atoms with van der Waals surface area (Å²) in [4.78, 5) is 2.41. The Morgan fingerprint density at radius 3 is 2.38 bits per heavy atom. The highest BCUT2D eigenvalue weighted by atomic mass is 15.2. The van der Waals surface area contributed by atoms with Crippen LogP contribution in [0.4, 0.5) is 0 Å². The van der Waals surface area contributed by atoms with Crippen molar-refractivity contribution in [1.29, 1.82) is 5.26 Å². The van der Waals surface area contributed by atoms with Crippen LogP contribution < -0.4 is 5.73 Å². The van der Waals surface area contributed by atoms with Crippen molar-refractivity contribution < 1.29 is 0 Å². The average Bonchev–Trinajstić information content (AvgIpc) is 3.35. The highest BCUT2D eigenvalue weighted by Crippen LogP contribution is 2.38. The number of piperidine rings is 1. The van der Waals surface area contributed by atoms with Gasteiger partial charge in [0.2, 0.25) is 0 Å². The van der Waals surface area contributed by atoms with E-state index in [9.17, 15) is 5.26 Å². The molecule has 0 aromatic heterocycles. The fourth-order valence-electron chi connectivity index (χ4n) is 3.52. The summed E-state index contributed by atoms with van der Waals surface area (Å²) in [6, 6.07) is 13.1. The molecule has 21 heavy (non-hydrogen) atoms. The standard InChI is InChI=1S/C18H25N3/c19-13-18(20,17-6-7-17)14-21-10-8-16(9-11-21)12-15-4-2-1-3-5-15/h1-5,16-17H,6-12,14,20H2. The van der Waals surface area contributed by atoms with Crippen LogP contribution in [0.25, 0.3) is 0 Å². The van der Waals surface area contributed by atoms with Gasteiger partial charge >= 0.3 is 0 Å². The Hall–Kier alpha value is -1.37. The number of hydrogen-bond donors (Lipinski definition) is 1. The highest BCUT2D eigenvalue weighted by molar-refractivity contribution is 5.16. The molecule has 0 bridgehead atoms. The molecule has 1 saturated heterocycles. The summed E-state index contributed by atoms with van der Waals surface area (Å²) in [6.45, 7) is 2.93. The molecule has 1 atom stereocenters. The Balaban J connectivity index is 1.48. The molecule has 2 N–H and O–H groups in total. The molecule has 1 unspecified atom stereocenters. The summed E-state index contributed by atoms with van der Waals surface area (Å²) in [5.74, 6) is 1.21. The normalized spacial score (nSPS) is 23.4. The summed E-state index contributed by atoms with van der Waals surface area (Å²) in [5, 5.41) is 9.37. The van der Waals surface area contributed by atoms with Gasteiger partial charge in [-0.25, -0.2) is 0 Å². The van der Waals surface area contributed by atoms with Crippen molar-refractivity contribution in [2.24, 2.45) is 17.6 Å². The topological polar surface area (TPSA) is 53.1 Å². The molecule has 0 radical (unpaired) electrons. The van der Waals surface area contributed by atoms with Crippen LogP contribution in [-0.4, -0.2) is 30.1 Å². The molecular weight excluding hydrogens is 258 g/mol. The van der Waals surface area contributed by atoms with E-state index in [1.807, 2.05) is 0 Å². The van der Waals surface area contributed by atoms with Crippen LogP contribution in [0.2, 0.25) is 0 Å². The lowest BCUT2D eigenvalue weighted by atomic mass is 9.88. The molecule has 1 saturated carbocycles. The van der Waals surface area contributed by atoms with Crippen LogP contribution in [0, 0.1) is 23.2 Å². The van der Waals surface area contributed by atoms with Gasteiger partial charge in [-0.05, 0) is 62.6 Å². The van der Waals surface area contributed by atoms with Gasteiger partial charge in [0.25, 0.3) is 0 Å². The fourth-order valence-corrected chi connectivity index (χ4v) is 3.52. The Kier molecular flexibility index (Phi) is 4.28. The summed E-state index contributed by atoms with van der Waals surface area (Å²) >= 11 is 0. The molecule has 1 heterocycles. The van der Waals surface area contributed by atoms with Crippen LogP contribution in [0.5, 0.6) is 0 Å². The van der Waals surface area contributed by atoms with Gasteiger partial charge in [0, 0.05) is 6.54 Å². The van der Waals surface area contributed by atoms with Gasteiger partial charge in [-0.3, -0.25) is 0 Å². The maximum absolute atomic E-state index is 9.37. The largest absolute Gasteiger partial charge is 0.312 e. The molecule has 1 aromatic rings. The predicted octanol–water partition coefficient (Wildman–Crippen LogP) is 2.57. The monoisotopic (exact) mass is 283 g/mol. The molecule has 112 valence electrons. The fraction of sp³-hybridized carbons (Fsp3) is 0.611. The van der Waals surface area contributed by atoms with E-state index >= 15 is 0 Å². The third-order valence-corrected chi connectivity index (χ3v) is 5.07. The van der Waals surface area contributed by atoms with Gasteiger partial charge in [0.05, 0.1) is 6.07 Å². The number of benzene rings is 1. The molecule has 2 aliphatic rings. The van der Waals surface area contributed by atoms with Crippen molar-refractivity contribution in [3.63, 3.8) is 0 Å². The third kappa shape index (κ3) is 3.64. The minimum atomic E-state index is -0.605. The second-order valence-corrected chi connectivity index (χ2v) is 6.84. The van der Waals surface area contributed by atoms with Crippen LogP contribution in [0.3, 0.4) is 0 Å². The average molecular weight is 283 g/mol. The van der Waals surface area contributed by atoms with E-state index in [4.69, 9.17) is 5.73 Å². The minimum Gasteiger partial charge on any atom is -0.312 e. The van der Waals surface area contributed by atoms with Gasteiger partial charge in [-0.15, -0.1) is 0 Å². The van der Waals surface area contributed by atoms with Crippen LogP contribution in [0.15, 0.2) is 30.3 Å². The van der Waals surface area contributed by atoms with E-state index in [1.165, 1.54) is 24.8 Å². The number of likely N-dealkylation sites (tertiary alicyclic amines) is 1. The smallest absolute Gasteiger partial charge is 0.119 e. The molecule has 3 rings (SSSR count). The van der Waals surface area contributed by atoms with Crippen molar-refractivity contribution >= 4 is 0 Å². The maximum atomic E-state index is 9.37. The molecule has 0 amide bonds. The van der Waals surface area contributed by atoms with Crippen molar-refractivity contribution in [3.8, 4) is 6.07 Å². The molecule has 1 aliphatic heterocycles. The first kappa shape index (κ1) is 14.6.